The molecule has 0 saturated carbocycles. The summed E-state index contributed by atoms with van der Waals surface area (Å²) in [5.41, 5.74) is 1.69. The molecule has 0 aromatic heterocycles. The summed E-state index contributed by atoms with van der Waals surface area (Å²) >= 11 is 0. The molecule has 158 valence electrons. The zero-order valence-corrected chi connectivity index (χ0v) is 18.5. The third-order valence-electron chi connectivity index (χ3n) is 5.49. The summed E-state index contributed by atoms with van der Waals surface area (Å²) in [7, 11) is 0. The van der Waals surface area contributed by atoms with Gasteiger partial charge in [0, 0.05) is 12.1 Å². The largest absolute Gasteiger partial charge is 0.465 e. The highest BCUT2D eigenvalue weighted by Gasteiger charge is 2.44. The van der Waals surface area contributed by atoms with Gasteiger partial charge in [-0.2, -0.15) is 0 Å². The van der Waals surface area contributed by atoms with Gasteiger partial charge >= 0.3 is 5.97 Å². The van der Waals surface area contributed by atoms with Gasteiger partial charge in [0.25, 0.3) is 0 Å². The quantitative estimate of drug-likeness (QED) is 0.626. The average molecular weight is 398 g/mol. The molecule has 2 aromatic rings. The van der Waals surface area contributed by atoms with E-state index in [1.165, 1.54) is 0 Å². The predicted octanol–water partition coefficient (Wildman–Crippen LogP) is 5.15. The fraction of sp³-hybridized carbons (Fsp3) is 0.480. The smallest absolute Gasteiger partial charge is 0.326 e. The van der Waals surface area contributed by atoms with E-state index in [2.05, 4.69) is 43.0 Å². The number of carbonyl (C=O) groups excluding carboxylic acids is 1. The van der Waals surface area contributed by atoms with Crippen LogP contribution < -0.4 is 0 Å². The van der Waals surface area contributed by atoms with Crippen LogP contribution in [-0.4, -0.2) is 34.7 Å². The molecule has 4 nitrogen and oxygen atoms in total. The van der Waals surface area contributed by atoms with Crippen molar-refractivity contribution in [1.29, 1.82) is 0 Å². The molecule has 0 amide bonds. The van der Waals surface area contributed by atoms with Gasteiger partial charge in [-0.1, -0.05) is 81.4 Å². The van der Waals surface area contributed by atoms with Crippen LogP contribution in [0.15, 0.2) is 60.7 Å². The van der Waals surface area contributed by atoms with Crippen LogP contribution in [0.4, 0.5) is 0 Å². The van der Waals surface area contributed by atoms with E-state index in [0.717, 1.165) is 11.1 Å². The number of aliphatic hydroxyl groups excluding tert-OH is 1. The Morgan fingerprint density at radius 2 is 1.34 bits per heavy atom. The van der Waals surface area contributed by atoms with Crippen molar-refractivity contribution in [3.05, 3.63) is 71.8 Å². The maximum Gasteiger partial charge on any atom is 0.326 e. The first-order valence-corrected chi connectivity index (χ1v) is 10.4. The number of esters is 1. The molecule has 4 atom stereocenters. The van der Waals surface area contributed by atoms with Crippen LogP contribution in [0.2, 0.25) is 0 Å². The predicted molar refractivity (Wildman–Crippen MR) is 117 cm³/mol. The summed E-state index contributed by atoms with van der Waals surface area (Å²) in [5.74, 6) is -0.388. The van der Waals surface area contributed by atoms with Crippen molar-refractivity contribution in [2.45, 2.75) is 65.8 Å². The Bertz CT molecular complexity index is 709. The molecule has 1 N–H and O–H groups in total. The highest BCUT2D eigenvalue weighted by atomic mass is 16.5. The van der Waals surface area contributed by atoms with E-state index in [4.69, 9.17) is 4.74 Å². The first kappa shape index (κ1) is 23.1. The number of hydrogen-bond acceptors (Lipinski definition) is 4. The van der Waals surface area contributed by atoms with Crippen molar-refractivity contribution in [3.63, 3.8) is 0 Å². The molecule has 0 aliphatic rings. The Labute approximate surface area is 175 Å². The molecule has 0 aliphatic carbocycles. The highest BCUT2D eigenvalue weighted by Crippen LogP contribution is 2.37. The number of rotatable bonds is 8. The Morgan fingerprint density at radius 1 is 0.931 bits per heavy atom. The van der Waals surface area contributed by atoms with Crippen molar-refractivity contribution in [1.82, 2.24) is 4.90 Å². The van der Waals surface area contributed by atoms with Gasteiger partial charge < -0.3 is 9.84 Å². The molecule has 0 radical (unpaired) electrons. The molecular weight excluding hydrogens is 362 g/mol. The minimum atomic E-state index is -0.890. The standard InChI is InChI=1S/C25H35NO3/c1-7-29-24(28)22(23(27)25(4,5)6)26(18(2)20-14-10-8-11-15-20)19(3)21-16-12-9-13-17-21/h8-19,22-23,27H,7H2,1-6H3/t18-,19-,22+,23-/m0/s1. The number of hydrogen-bond donors (Lipinski definition) is 1. The van der Waals surface area contributed by atoms with Gasteiger partial charge in [0.15, 0.2) is 0 Å². The second-order valence-electron chi connectivity index (χ2n) is 8.63. The summed E-state index contributed by atoms with van der Waals surface area (Å²) in [6, 6.07) is 19.2. The zero-order chi connectivity index (χ0) is 21.6. The fourth-order valence-corrected chi connectivity index (χ4v) is 3.74. The maximum absolute atomic E-state index is 13.1. The fourth-order valence-electron chi connectivity index (χ4n) is 3.74. The minimum absolute atomic E-state index is 0.0992. The van der Waals surface area contributed by atoms with Gasteiger partial charge in [-0.15, -0.1) is 0 Å². The average Bonchev–Trinajstić information content (AvgIpc) is 2.71. The molecule has 0 spiro atoms. The van der Waals surface area contributed by atoms with Crippen LogP contribution in [0.5, 0.6) is 0 Å². The maximum atomic E-state index is 13.1. The lowest BCUT2D eigenvalue weighted by Crippen LogP contribution is -2.55. The zero-order valence-electron chi connectivity index (χ0n) is 18.5. The lowest BCUT2D eigenvalue weighted by atomic mass is 9.82. The van der Waals surface area contributed by atoms with Crippen molar-refractivity contribution in [2.75, 3.05) is 6.61 Å². The van der Waals surface area contributed by atoms with Gasteiger partial charge in [0.05, 0.1) is 12.7 Å². The molecule has 0 saturated heterocycles. The van der Waals surface area contributed by atoms with Crippen LogP contribution in [0.1, 0.15) is 64.8 Å². The van der Waals surface area contributed by atoms with Gasteiger partial charge in [-0.05, 0) is 37.3 Å². The minimum Gasteiger partial charge on any atom is -0.465 e. The van der Waals surface area contributed by atoms with Gasteiger partial charge in [0.2, 0.25) is 0 Å². The summed E-state index contributed by atoms with van der Waals surface area (Å²) in [5, 5.41) is 11.3. The molecular formula is C25H35NO3. The highest BCUT2D eigenvalue weighted by molar-refractivity contribution is 5.77. The van der Waals surface area contributed by atoms with Gasteiger partial charge in [-0.3, -0.25) is 9.69 Å². The number of benzene rings is 2. The number of aliphatic hydroxyl groups is 1. The van der Waals surface area contributed by atoms with Gasteiger partial charge in [0.1, 0.15) is 6.04 Å². The van der Waals surface area contributed by atoms with Crippen molar-refractivity contribution in [2.24, 2.45) is 5.41 Å². The second-order valence-corrected chi connectivity index (χ2v) is 8.63. The third-order valence-corrected chi connectivity index (χ3v) is 5.49. The number of carbonyl (C=O) groups is 1. The summed E-state index contributed by atoms with van der Waals surface area (Å²) in [6.07, 6.45) is -0.890. The normalized spacial score (nSPS) is 16.1. The Kier molecular flexibility index (Phi) is 8.00. The molecule has 0 heterocycles. The van der Waals surface area contributed by atoms with Crippen LogP contribution in [0, 0.1) is 5.41 Å². The monoisotopic (exact) mass is 397 g/mol. The van der Waals surface area contributed by atoms with E-state index >= 15 is 0 Å². The molecule has 2 aromatic carbocycles. The molecule has 29 heavy (non-hydrogen) atoms. The summed E-state index contributed by atoms with van der Waals surface area (Å²) in [4.78, 5) is 15.2. The first-order valence-electron chi connectivity index (χ1n) is 10.4. The van der Waals surface area contributed by atoms with Crippen LogP contribution in [-0.2, 0) is 9.53 Å². The van der Waals surface area contributed by atoms with Gasteiger partial charge in [-0.25, -0.2) is 0 Å². The number of nitrogens with zero attached hydrogens (tertiary/aromatic N) is 1. The van der Waals surface area contributed by atoms with E-state index in [-0.39, 0.29) is 24.7 Å². The van der Waals surface area contributed by atoms with E-state index < -0.39 is 17.6 Å². The van der Waals surface area contributed by atoms with Crippen LogP contribution in [0.3, 0.4) is 0 Å². The van der Waals surface area contributed by atoms with E-state index in [1.54, 1.807) is 6.92 Å². The summed E-state index contributed by atoms with van der Waals surface area (Å²) < 4.78 is 5.43. The molecule has 0 bridgehead atoms. The van der Waals surface area contributed by atoms with E-state index in [9.17, 15) is 9.90 Å². The van der Waals surface area contributed by atoms with Crippen LogP contribution in [0.25, 0.3) is 0 Å². The Hall–Kier alpha value is -2.17. The van der Waals surface area contributed by atoms with E-state index in [0.29, 0.717) is 0 Å². The third kappa shape index (κ3) is 5.68. The SMILES string of the molecule is CCOC(=O)[C@@H]([C@H](O)C(C)(C)C)N([C@@H](C)c1ccccc1)[C@@H](C)c1ccccc1. The Morgan fingerprint density at radius 3 is 1.69 bits per heavy atom. The van der Waals surface area contributed by atoms with Crippen molar-refractivity contribution in [3.8, 4) is 0 Å². The lowest BCUT2D eigenvalue weighted by Gasteiger charge is -2.44. The molecule has 2 rings (SSSR count). The molecule has 0 fully saturated rings. The molecule has 0 unspecified atom stereocenters. The first-order chi connectivity index (χ1) is 13.7. The topological polar surface area (TPSA) is 49.8 Å². The lowest BCUT2D eigenvalue weighted by molar-refractivity contribution is -0.162. The Balaban J connectivity index is 2.58. The summed E-state index contributed by atoms with van der Waals surface area (Å²) in [6.45, 7) is 12.1. The molecule has 4 heteroatoms. The second kappa shape index (κ2) is 10.0. The van der Waals surface area contributed by atoms with Crippen molar-refractivity contribution < 1.29 is 14.6 Å². The van der Waals surface area contributed by atoms with E-state index in [1.807, 2.05) is 57.2 Å². The van der Waals surface area contributed by atoms with Crippen molar-refractivity contribution >= 4 is 5.97 Å². The molecule has 0 aliphatic heterocycles. The number of ether oxygens (including phenoxy) is 1. The van der Waals surface area contributed by atoms with Crippen LogP contribution >= 0.6 is 0 Å².